The maximum atomic E-state index is 11.3. The number of aliphatic imine (C=N–C) groups is 1. The van der Waals surface area contributed by atoms with Crippen LogP contribution in [-0.4, -0.2) is 27.3 Å². The summed E-state index contributed by atoms with van der Waals surface area (Å²) in [6.07, 6.45) is 1.68. The largest absolute Gasteiger partial charge is 0.507 e. The minimum atomic E-state index is -0.544. The van der Waals surface area contributed by atoms with E-state index in [0.29, 0.717) is 17.8 Å². The van der Waals surface area contributed by atoms with Crippen LogP contribution in [0.4, 0.5) is 17.1 Å². The van der Waals surface area contributed by atoms with Gasteiger partial charge in [0, 0.05) is 36.0 Å². The van der Waals surface area contributed by atoms with Crippen LogP contribution in [0.1, 0.15) is 18.9 Å². The van der Waals surface area contributed by atoms with Gasteiger partial charge in [-0.25, -0.2) is 0 Å². The molecule has 8 nitrogen and oxygen atoms in total. The first-order valence-corrected chi connectivity index (χ1v) is 8.02. The maximum Gasteiger partial charge on any atom is 0.270 e. The summed E-state index contributed by atoms with van der Waals surface area (Å²) < 4.78 is 0. The van der Waals surface area contributed by atoms with Gasteiger partial charge in [-0.1, -0.05) is 6.92 Å². The molecule has 0 saturated heterocycles. The maximum absolute atomic E-state index is 11.3. The predicted octanol–water partition coefficient (Wildman–Crippen LogP) is 3.27. The molecular weight excluding hydrogens is 356 g/mol. The van der Waals surface area contributed by atoms with Crippen LogP contribution in [0.5, 0.6) is 5.75 Å². The van der Waals surface area contributed by atoms with Crippen LogP contribution in [0.25, 0.3) is 0 Å². The number of nitro groups is 1. The van der Waals surface area contributed by atoms with E-state index >= 15 is 0 Å². The molecule has 3 N–H and O–H groups in total. The normalized spacial score (nSPS) is 10.5. The average molecular weight is 372 g/mol. The number of carbonyl (C=O) groups excluding carboxylic acids is 1. The van der Waals surface area contributed by atoms with E-state index in [0.717, 1.165) is 0 Å². The minimum absolute atomic E-state index is 0.102. The van der Waals surface area contributed by atoms with E-state index in [2.05, 4.69) is 15.6 Å². The van der Waals surface area contributed by atoms with E-state index < -0.39 is 4.92 Å². The fourth-order valence-electron chi connectivity index (χ4n) is 1.91. The highest BCUT2D eigenvalue weighted by molar-refractivity contribution is 7.80. The lowest BCUT2D eigenvalue weighted by Gasteiger charge is -2.08. The number of nitrogens with zero attached hydrogens (tertiary/aromatic N) is 2. The smallest absolute Gasteiger partial charge is 0.270 e. The summed E-state index contributed by atoms with van der Waals surface area (Å²) >= 11 is 5.02. The third-order valence-electron chi connectivity index (χ3n) is 3.27. The number of rotatable bonds is 5. The molecule has 26 heavy (non-hydrogen) atoms. The van der Waals surface area contributed by atoms with Crippen LogP contribution in [-0.2, 0) is 4.79 Å². The first-order chi connectivity index (χ1) is 12.4. The van der Waals surface area contributed by atoms with Gasteiger partial charge in [-0.05, 0) is 42.5 Å². The first kappa shape index (κ1) is 19.0. The molecule has 0 atom stereocenters. The Morgan fingerprint density at radius 3 is 2.62 bits per heavy atom. The number of hydrogen-bond donors (Lipinski definition) is 3. The molecule has 0 spiro atoms. The van der Waals surface area contributed by atoms with Crippen molar-refractivity contribution >= 4 is 46.5 Å². The highest BCUT2D eigenvalue weighted by Gasteiger charge is 2.08. The number of nitro benzene ring substituents is 1. The van der Waals surface area contributed by atoms with Crippen LogP contribution in [0, 0.1) is 10.1 Å². The summed E-state index contributed by atoms with van der Waals surface area (Å²) in [6.45, 7) is 1.73. The molecule has 0 saturated carbocycles. The number of phenols is 1. The fraction of sp³-hybridized carbons (Fsp3) is 0.118. The highest BCUT2D eigenvalue weighted by atomic mass is 32.1. The highest BCUT2D eigenvalue weighted by Crippen LogP contribution is 2.23. The van der Waals surface area contributed by atoms with Crippen LogP contribution in [0.3, 0.4) is 0 Å². The molecule has 0 aliphatic rings. The number of thiocarbonyl (C=S) groups is 1. The molecular formula is C17H16N4O4S. The number of nitrogens with one attached hydrogen (secondary N) is 2. The number of anilines is 1. The van der Waals surface area contributed by atoms with Gasteiger partial charge >= 0.3 is 0 Å². The number of amides is 1. The zero-order valence-electron chi connectivity index (χ0n) is 13.8. The summed E-state index contributed by atoms with van der Waals surface area (Å²) in [7, 11) is 0. The number of carbonyl (C=O) groups is 1. The molecule has 0 aliphatic carbocycles. The van der Waals surface area contributed by atoms with Crippen molar-refractivity contribution in [1.29, 1.82) is 0 Å². The molecule has 134 valence electrons. The topological polar surface area (TPSA) is 117 Å². The molecule has 9 heteroatoms. The molecule has 0 aliphatic heterocycles. The summed E-state index contributed by atoms with van der Waals surface area (Å²) in [4.78, 5) is 25.7. The van der Waals surface area contributed by atoms with Crippen LogP contribution >= 0.6 is 12.2 Å². The van der Waals surface area contributed by atoms with Crippen molar-refractivity contribution in [3.63, 3.8) is 0 Å². The van der Waals surface area contributed by atoms with E-state index in [1.54, 1.807) is 31.2 Å². The summed E-state index contributed by atoms with van der Waals surface area (Å²) in [5.41, 5.74) is 1.35. The number of hydrogen-bond acceptors (Lipinski definition) is 6. The quantitative estimate of drug-likeness (QED) is 0.321. The zero-order valence-corrected chi connectivity index (χ0v) is 14.6. The lowest BCUT2D eigenvalue weighted by atomic mass is 10.2. The molecule has 0 heterocycles. The third-order valence-corrected chi connectivity index (χ3v) is 3.48. The molecule has 2 aromatic rings. The zero-order chi connectivity index (χ0) is 19.1. The number of aromatic hydroxyl groups is 1. The summed E-state index contributed by atoms with van der Waals surface area (Å²) in [6, 6.07) is 10.5. The standard InChI is InChI=1S/C17H16N4O4S/c1-2-16(23)20-17(26)19-13-5-3-12(4-6-13)18-10-11-9-14(21(24)25)7-8-15(11)22/h3-10,22H,2H2,1H3,(H2,19,20,23,26). The van der Waals surface area contributed by atoms with Gasteiger partial charge in [0.15, 0.2) is 5.11 Å². The first-order valence-electron chi connectivity index (χ1n) is 7.61. The molecule has 1 amide bonds. The molecule has 0 bridgehead atoms. The van der Waals surface area contributed by atoms with Crippen LogP contribution < -0.4 is 10.6 Å². The van der Waals surface area contributed by atoms with Crippen molar-refractivity contribution in [2.24, 2.45) is 4.99 Å². The van der Waals surface area contributed by atoms with Gasteiger partial charge in [0.05, 0.1) is 10.6 Å². The Labute approximate surface area is 154 Å². The number of phenolic OH excluding ortho intramolecular Hbond substituents is 1. The Morgan fingerprint density at radius 2 is 2.00 bits per heavy atom. The molecule has 2 aromatic carbocycles. The van der Waals surface area contributed by atoms with Crippen molar-refractivity contribution in [3.8, 4) is 5.75 Å². The molecule has 0 fully saturated rings. The molecule has 0 aromatic heterocycles. The Morgan fingerprint density at radius 1 is 1.31 bits per heavy atom. The van der Waals surface area contributed by atoms with Crippen molar-refractivity contribution < 1.29 is 14.8 Å². The fourth-order valence-corrected chi connectivity index (χ4v) is 2.14. The van der Waals surface area contributed by atoms with Gasteiger partial charge in [-0.15, -0.1) is 0 Å². The summed E-state index contributed by atoms with van der Waals surface area (Å²) in [5.74, 6) is -0.282. The molecule has 2 rings (SSSR count). The van der Waals surface area contributed by atoms with Gasteiger partial charge in [-0.2, -0.15) is 0 Å². The Bertz CT molecular complexity index is 866. The van der Waals surface area contributed by atoms with Crippen LogP contribution in [0.2, 0.25) is 0 Å². The van der Waals surface area contributed by atoms with Gasteiger partial charge < -0.3 is 15.7 Å². The second-order valence-electron chi connectivity index (χ2n) is 5.16. The number of benzene rings is 2. The van der Waals surface area contributed by atoms with E-state index in [1.807, 2.05) is 0 Å². The summed E-state index contributed by atoms with van der Waals surface area (Å²) in [5, 5.41) is 26.1. The minimum Gasteiger partial charge on any atom is -0.507 e. The van der Waals surface area contributed by atoms with E-state index in [4.69, 9.17) is 12.2 Å². The van der Waals surface area contributed by atoms with Gasteiger partial charge in [0.2, 0.25) is 5.91 Å². The Hall–Kier alpha value is -3.33. The van der Waals surface area contributed by atoms with Gasteiger partial charge in [-0.3, -0.25) is 19.9 Å². The van der Waals surface area contributed by atoms with Crippen molar-refractivity contribution in [1.82, 2.24) is 5.32 Å². The second kappa shape index (κ2) is 8.67. The van der Waals surface area contributed by atoms with Gasteiger partial charge in [0.25, 0.3) is 5.69 Å². The monoisotopic (exact) mass is 372 g/mol. The average Bonchev–Trinajstić information content (AvgIpc) is 2.61. The lowest BCUT2D eigenvalue weighted by Crippen LogP contribution is -2.33. The van der Waals surface area contributed by atoms with Crippen molar-refractivity contribution in [2.75, 3.05) is 5.32 Å². The molecule has 0 radical (unpaired) electrons. The van der Waals surface area contributed by atoms with E-state index in [-0.39, 0.29) is 28.0 Å². The van der Waals surface area contributed by atoms with Gasteiger partial charge in [0.1, 0.15) is 5.75 Å². The second-order valence-corrected chi connectivity index (χ2v) is 5.57. The van der Waals surface area contributed by atoms with Crippen LogP contribution in [0.15, 0.2) is 47.5 Å². The van der Waals surface area contributed by atoms with E-state index in [9.17, 15) is 20.0 Å². The van der Waals surface area contributed by atoms with Crippen molar-refractivity contribution in [2.45, 2.75) is 13.3 Å². The Balaban J connectivity index is 2.06. The third kappa shape index (κ3) is 5.35. The SMILES string of the molecule is CCC(=O)NC(=S)Nc1ccc(N=Cc2cc([N+](=O)[O-])ccc2O)cc1. The predicted molar refractivity (Wildman–Crippen MR) is 103 cm³/mol. The number of non-ortho nitro benzene ring substituents is 1. The van der Waals surface area contributed by atoms with E-state index in [1.165, 1.54) is 24.4 Å². The van der Waals surface area contributed by atoms with Crippen molar-refractivity contribution in [3.05, 3.63) is 58.1 Å². The molecule has 0 unspecified atom stereocenters. The lowest BCUT2D eigenvalue weighted by molar-refractivity contribution is -0.384. The Kier molecular flexibility index (Phi) is 6.34.